The van der Waals surface area contributed by atoms with Gasteiger partial charge < -0.3 is 14.7 Å². The van der Waals surface area contributed by atoms with Gasteiger partial charge in [0.2, 0.25) is 7.37 Å². The standard InChI is InChI=1S/C18H25O5P/c1-2-7-17(16(18(19)20)12-15-10-6-11-23-15)24(21,22)13-14-8-4-3-5-9-14/h2-5,8-9,15-17H,1,6-7,10-13H2,(H,19,20)(H,21,22). The van der Waals surface area contributed by atoms with Crippen LogP contribution in [0.25, 0.3) is 0 Å². The van der Waals surface area contributed by atoms with Crippen LogP contribution in [0.4, 0.5) is 0 Å². The van der Waals surface area contributed by atoms with Crippen LogP contribution in [-0.4, -0.2) is 34.3 Å². The molecule has 0 spiro atoms. The van der Waals surface area contributed by atoms with E-state index in [1.807, 2.05) is 6.07 Å². The van der Waals surface area contributed by atoms with Crippen molar-refractivity contribution in [1.29, 1.82) is 0 Å². The second-order valence-corrected chi connectivity index (χ2v) is 8.80. The Hall–Kier alpha value is -1.42. The van der Waals surface area contributed by atoms with Gasteiger partial charge >= 0.3 is 5.97 Å². The molecule has 1 aromatic rings. The van der Waals surface area contributed by atoms with Gasteiger partial charge in [-0.1, -0.05) is 36.4 Å². The molecule has 0 aromatic heterocycles. The minimum atomic E-state index is -3.72. The molecular formula is C18H25O5P. The average molecular weight is 352 g/mol. The lowest BCUT2D eigenvalue weighted by atomic mass is 9.94. The fourth-order valence-electron chi connectivity index (χ4n) is 3.28. The van der Waals surface area contributed by atoms with Gasteiger partial charge in [0.15, 0.2) is 0 Å². The fraction of sp³-hybridized carbons (Fsp3) is 0.500. The molecule has 1 aliphatic rings. The first-order valence-corrected chi connectivity index (χ1v) is 10.2. The molecule has 0 saturated carbocycles. The summed E-state index contributed by atoms with van der Waals surface area (Å²) >= 11 is 0. The molecule has 4 unspecified atom stereocenters. The van der Waals surface area contributed by atoms with E-state index >= 15 is 0 Å². The molecule has 4 atom stereocenters. The Bertz CT molecular complexity index is 595. The Morgan fingerprint density at radius 3 is 2.67 bits per heavy atom. The van der Waals surface area contributed by atoms with Crippen LogP contribution in [0.15, 0.2) is 43.0 Å². The number of carboxylic acids is 1. The Labute approximate surface area is 142 Å². The lowest BCUT2D eigenvalue weighted by molar-refractivity contribution is -0.143. The van der Waals surface area contributed by atoms with Crippen molar-refractivity contribution in [3.63, 3.8) is 0 Å². The molecule has 1 saturated heterocycles. The lowest BCUT2D eigenvalue weighted by Crippen LogP contribution is -2.32. The van der Waals surface area contributed by atoms with E-state index in [0.29, 0.717) is 6.61 Å². The van der Waals surface area contributed by atoms with Gasteiger partial charge in [0.1, 0.15) is 0 Å². The Balaban J connectivity index is 2.21. The Morgan fingerprint density at radius 2 is 2.12 bits per heavy atom. The number of rotatable bonds is 9. The van der Waals surface area contributed by atoms with Crippen molar-refractivity contribution in [3.8, 4) is 0 Å². The molecule has 5 nitrogen and oxygen atoms in total. The number of aliphatic carboxylic acids is 1. The van der Waals surface area contributed by atoms with Gasteiger partial charge in [0.25, 0.3) is 0 Å². The summed E-state index contributed by atoms with van der Waals surface area (Å²) in [7, 11) is -3.72. The Morgan fingerprint density at radius 1 is 1.42 bits per heavy atom. The van der Waals surface area contributed by atoms with E-state index in [9.17, 15) is 19.4 Å². The van der Waals surface area contributed by atoms with Gasteiger partial charge in [-0.25, -0.2) is 0 Å². The van der Waals surface area contributed by atoms with E-state index in [4.69, 9.17) is 4.74 Å². The molecule has 132 valence electrons. The highest BCUT2D eigenvalue weighted by Crippen LogP contribution is 2.54. The van der Waals surface area contributed by atoms with Gasteiger partial charge in [-0.2, -0.15) is 0 Å². The molecule has 24 heavy (non-hydrogen) atoms. The maximum absolute atomic E-state index is 13.0. The highest BCUT2D eigenvalue weighted by Gasteiger charge is 2.41. The zero-order chi connectivity index (χ0) is 17.6. The molecular weight excluding hydrogens is 327 g/mol. The smallest absolute Gasteiger partial charge is 0.307 e. The number of benzene rings is 1. The van der Waals surface area contributed by atoms with Crippen molar-refractivity contribution in [1.82, 2.24) is 0 Å². The first-order chi connectivity index (χ1) is 11.4. The zero-order valence-electron chi connectivity index (χ0n) is 13.7. The predicted octanol–water partition coefficient (Wildman–Crippen LogP) is 3.67. The molecule has 0 amide bonds. The average Bonchev–Trinajstić information content (AvgIpc) is 3.04. The summed E-state index contributed by atoms with van der Waals surface area (Å²) in [6.45, 7) is 4.27. The normalized spacial score (nSPS) is 22.5. The number of hydrogen-bond donors (Lipinski definition) is 2. The van der Waals surface area contributed by atoms with Crippen molar-refractivity contribution in [2.75, 3.05) is 6.61 Å². The summed E-state index contributed by atoms with van der Waals surface area (Å²) in [5, 5.41) is 9.64. The van der Waals surface area contributed by atoms with Crippen molar-refractivity contribution in [2.24, 2.45) is 5.92 Å². The van der Waals surface area contributed by atoms with Gasteiger partial charge in [-0.15, -0.1) is 6.58 Å². The predicted molar refractivity (Wildman–Crippen MR) is 93.3 cm³/mol. The summed E-state index contributed by atoms with van der Waals surface area (Å²) in [5.41, 5.74) is -0.115. The minimum Gasteiger partial charge on any atom is -0.481 e. The number of allylic oxidation sites excluding steroid dienone is 1. The SMILES string of the molecule is C=CCC(C(CC1CCCO1)C(=O)O)P(=O)(O)Cc1ccccc1. The quantitative estimate of drug-likeness (QED) is 0.523. The third-order valence-corrected chi connectivity index (χ3v) is 6.93. The third-order valence-electron chi connectivity index (χ3n) is 4.50. The van der Waals surface area contributed by atoms with Crippen LogP contribution in [0.2, 0.25) is 0 Å². The first-order valence-electron chi connectivity index (χ1n) is 8.24. The Kier molecular flexibility index (Phi) is 6.79. The molecule has 0 radical (unpaired) electrons. The second-order valence-electron chi connectivity index (χ2n) is 6.31. The summed E-state index contributed by atoms with van der Waals surface area (Å²) < 4.78 is 18.5. The molecule has 1 aliphatic heterocycles. The topological polar surface area (TPSA) is 83.8 Å². The summed E-state index contributed by atoms with van der Waals surface area (Å²) in [5.74, 6) is -1.95. The largest absolute Gasteiger partial charge is 0.481 e. The van der Waals surface area contributed by atoms with Crippen LogP contribution in [0, 0.1) is 5.92 Å². The van der Waals surface area contributed by atoms with Gasteiger partial charge in [-0.3, -0.25) is 9.36 Å². The van der Waals surface area contributed by atoms with Crippen molar-refractivity contribution in [2.45, 2.75) is 43.6 Å². The van der Waals surface area contributed by atoms with E-state index in [-0.39, 0.29) is 25.1 Å². The van der Waals surface area contributed by atoms with Gasteiger partial charge in [-0.05, 0) is 31.2 Å². The molecule has 2 N–H and O–H groups in total. The van der Waals surface area contributed by atoms with Crippen molar-refractivity contribution >= 4 is 13.3 Å². The fourth-order valence-corrected chi connectivity index (χ4v) is 5.54. The maximum Gasteiger partial charge on any atom is 0.307 e. The highest BCUT2D eigenvalue weighted by atomic mass is 31.2. The van der Waals surface area contributed by atoms with Crippen LogP contribution >= 0.6 is 7.37 Å². The second kappa shape index (κ2) is 8.61. The van der Waals surface area contributed by atoms with E-state index in [1.54, 1.807) is 24.3 Å². The van der Waals surface area contributed by atoms with E-state index in [2.05, 4.69) is 6.58 Å². The number of ether oxygens (including phenoxy) is 1. The van der Waals surface area contributed by atoms with Gasteiger partial charge in [0, 0.05) is 12.8 Å². The molecule has 1 fully saturated rings. The van der Waals surface area contributed by atoms with Crippen LogP contribution in [0.5, 0.6) is 0 Å². The third kappa shape index (κ3) is 5.04. The number of carbonyl (C=O) groups is 1. The summed E-state index contributed by atoms with van der Waals surface area (Å²) in [6.07, 6.45) is 3.54. The zero-order valence-corrected chi connectivity index (χ0v) is 14.6. The molecule has 1 aromatic carbocycles. The van der Waals surface area contributed by atoms with E-state index in [1.165, 1.54) is 6.08 Å². The van der Waals surface area contributed by atoms with Crippen molar-refractivity contribution in [3.05, 3.63) is 48.6 Å². The monoisotopic (exact) mass is 352 g/mol. The van der Waals surface area contributed by atoms with Gasteiger partial charge in [0.05, 0.1) is 17.7 Å². The van der Waals surface area contributed by atoms with Crippen LogP contribution in [0.3, 0.4) is 0 Å². The minimum absolute atomic E-state index is 0.0261. The van der Waals surface area contributed by atoms with E-state index < -0.39 is 24.9 Å². The lowest BCUT2D eigenvalue weighted by Gasteiger charge is -2.29. The first kappa shape index (κ1) is 18.9. The molecule has 2 rings (SSSR count). The van der Waals surface area contributed by atoms with Crippen LogP contribution in [0.1, 0.15) is 31.2 Å². The maximum atomic E-state index is 13.0. The number of hydrogen-bond acceptors (Lipinski definition) is 3. The van der Waals surface area contributed by atoms with Crippen molar-refractivity contribution < 1.29 is 24.1 Å². The molecule has 0 aliphatic carbocycles. The number of carboxylic acid groups (broad SMARTS) is 1. The summed E-state index contributed by atoms with van der Waals surface area (Å²) in [6, 6.07) is 9.01. The summed E-state index contributed by atoms with van der Waals surface area (Å²) in [4.78, 5) is 22.4. The highest BCUT2D eigenvalue weighted by molar-refractivity contribution is 7.58. The van der Waals surface area contributed by atoms with E-state index in [0.717, 1.165) is 18.4 Å². The molecule has 0 bridgehead atoms. The van der Waals surface area contributed by atoms with Crippen LogP contribution in [-0.2, 0) is 20.3 Å². The van der Waals surface area contributed by atoms with Crippen LogP contribution < -0.4 is 0 Å². The molecule has 6 heteroatoms. The molecule has 1 heterocycles.